The fraction of sp³-hybridized carbons (Fsp3) is 0.471. The van der Waals surface area contributed by atoms with E-state index in [1.807, 2.05) is 18.7 Å². The van der Waals surface area contributed by atoms with E-state index in [-0.39, 0.29) is 17.9 Å². The normalized spacial score (nSPS) is 17.6. The average molecular weight is 359 g/mol. The molecule has 7 nitrogen and oxygen atoms in total. The van der Waals surface area contributed by atoms with Crippen molar-refractivity contribution >= 4 is 23.2 Å². The third-order valence-electron chi connectivity index (χ3n) is 4.34. The predicted molar refractivity (Wildman–Crippen MR) is 94.7 cm³/mol. The lowest BCUT2D eigenvalue weighted by Crippen LogP contribution is -2.55. The van der Waals surface area contributed by atoms with Gasteiger partial charge in [-0.3, -0.25) is 9.59 Å². The number of thiazole rings is 1. The van der Waals surface area contributed by atoms with Crippen LogP contribution in [0.4, 0.5) is 0 Å². The summed E-state index contributed by atoms with van der Waals surface area (Å²) in [5.74, 6) is 0.471. The highest BCUT2D eigenvalue weighted by Crippen LogP contribution is 2.21. The van der Waals surface area contributed by atoms with Crippen molar-refractivity contribution in [2.45, 2.75) is 33.2 Å². The first-order valence-corrected chi connectivity index (χ1v) is 9.21. The molecule has 1 aliphatic rings. The van der Waals surface area contributed by atoms with E-state index in [4.69, 9.17) is 0 Å². The molecule has 0 saturated carbocycles. The summed E-state index contributed by atoms with van der Waals surface area (Å²) in [6.07, 6.45) is 2.33. The summed E-state index contributed by atoms with van der Waals surface area (Å²) in [4.78, 5) is 42.2. The Labute approximate surface area is 150 Å². The molecular formula is C17H21N5O2S. The lowest BCUT2D eigenvalue weighted by Gasteiger charge is -2.39. The largest absolute Gasteiger partial charge is 0.333 e. The van der Waals surface area contributed by atoms with Crippen molar-refractivity contribution in [3.63, 3.8) is 0 Å². The van der Waals surface area contributed by atoms with Crippen LogP contribution in [-0.2, 0) is 6.42 Å². The van der Waals surface area contributed by atoms with Crippen LogP contribution in [0.2, 0.25) is 0 Å². The van der Waals surface area contributed by atoms with Crippen molar-refractivity contribution < 1.29 is 9.59 Å². The third-order valence-corrected chi connectivity index (χ3v) is 5.20. The molecule has 132 valence electrons. The van der Waals surface area contributed by atoms with Crippen molar-refractivity contribution in [3.8, 4) is 0 Å². The summed E-state index contributed by atoms with van der Waals surface area (Å²) < 4.78 is 0. The number of aryl methyl sites for hydroxylation is 2. The minimum Gasteiger partial charge on any atom is -0.333 e. The highest BCUT2D eigenvalue weighted by Gasteiger charge is 2.32. The van der Waals surface area contributed by atoms with Gasteiger partial charge in [0.15, 0.2) is 0 Å². The Hall–Kier alpha value is -2.35. The molecule has 8 heteroatoms. The number of piperazine rings is 1. The van der Waals surface area contributed by atoms with E-state index in [0.717, 1.165) is 12.1 Å². The molecule has 3 rings (SSSR count). The highest BCUT2D eigenvalue weighted by molar-refractivity contribution is 7.11. The van der Waals surface area contributed by atoms with Crippen molar-refractivity contribution in [2.75, 3.05) is 19.6 Å². The van der Waals surface area contributed by atoms with Crippen LogP contribution in [-0.4, -0.2) is 62.2 Å². The Kier molecular flexibility index (Phi) is 5.08. The Morgan fingerprint density at radius 1 is 1.28 bits per heavy atom. The van der Waals surface area contributed by atoms with Crippen LogP contribution in [0, 0.1) is 6.92 Å². The molecule has 0 N–H and O–H groups in total. The van der Waals surface area contributed by atoms with Gasteiger partial charge in [0.2, 0.25) is 0 Å². The molecule has 1 saturated heterocycles. The Balaban J connectivity index is 1.70. The standard InChI is InChI=1S/C17H21N5O2S/c1-4-13-15(25-10-19-13)17(24)22-8-7-21(9-11(22)2)16(23)14-5-6-18-12(3)20-14/h5-6,10-11H,4,7-9H2,1-3H3. The summed E-state index contributed by atoms with van der Waals surface area (Å²) in [5.41, 5.74) is 2.96. The first-order chi connectivity index (χ1) is 12.0. The quantitative estimate of drug-likeness (QED) is 0.835. The van der Waals surface area contributed by atoms with Gasteiger partial charge in [-0.15, -0.1) is 11.3 Å². The molecule has 3 heterocycles. The summed E-state index contributed by atoms with van der Waals surface area (Å²) >= 11 is 1.38. The second kappa shape index (κ2) is 7.26. The summed E-state index contributed by atoms with van der Waals surface area (Å²) in [6, 6.07) is 1.57. The lowest BCUT2D eigenvalue weighted by molar-refractivity contribution is 0.0413. The molecule has 1 fully saturated rings. The maximum absolute atomic E-state index is 12.8. The Morgan fingerprint density at radius 3 is 2.76 bits per heavy atom. The van der Waals surface area contributed by atoms with Crippen LogP contribution < -0.4 is 0 Å². The van der Waals surface area contributed by atoms with Gasteiger partial charge in [-0.25, -0.2) is 15.0 Å². The van der Waals surface area contributed by atoms with Crippen LogP contribution in [0.25, 0.3) is 0 Å². The monoisotopic (exact) mass is 359 g/mol. The molecule has 0 aromatic carbocycles. The first kappa shape index (κ1) is 17.5. The van der Waals surface area contributed by atoms with Crippen LogP contribution in [0.1, 0.15) is 45.5 Å². The molecule has 0 radical (unpaired) electrons. The van der Waals surface area contributed by atoms with Gasteiger partial charge in [-0.2, -0.15) is 0 Å². The van der Waals surface area contributed by atoms with E-state index in [2.05, 4.69) is 15.0 Å². The topological polar surface area (TPSA) is 79.3 Å². The van der Waals surface area contributed by atoms with Gasteiger partial charge in [-0.05, 0) is 26.3 Å². The Morgan fingerprint density at radius 2 is 2.08 bits per heavy atom. The maximum atomic E-state index is 12.8. The average Bonchev–Trinajstić information content (AvgIpc) is 3.09. The third kappa shape index (κ3) is 3.53. The number of amides is 2. The van der Waals surface area contributed by atoms with Gasteiger partial charge < -0.3 is 9.80 Å². The van der Waals surface area contributed by atoms with E-state index in [1.165, 1.54) is 11.3 Å². The van der Waals surface area contributed by atoms with Crippen molar-refractivity contribution in [1.82, 2.24) is 24.8 Å². The summed E-state index contributed by atoms with van der Waals surface area (Å²) in [5, 5.41) is 0. The second-order valence-corrected chi connectivity index (χ2v) is 6.92. The molecule has 0 bridgehead atoms. The van der Waals surface area contributed by atoms with Gasteiger partial charge in [0.05, 0.1) is 11.2 Å². The number of nitrogens with zero attached hydrogens (tertiary/aromatic N) is 5. The molecule has 2 aromatic heterocycles. The first-order valence-electron chi connectivity index (χ1n) is 8.33. The minimum absolute atomic E-state index is 0.0110. The molecule has 2 aromatic rings. The number of aromatic nitrogens is 3. The van der Waals surface area contributed by atoms with E-state index >= 15 is 0 Å². The molecule has 25 heavy (non-hydrogen) atoms. The van der Waals surface area contributed by atoms with Crippen LogP contribution >= 0.6 is 11.3 Å². The predicted octanol–water partition coefficient (Wildman–Crippen LogP) is 1.79. The Bertz CT molecular complexity index is 791. The lowest BCUT2D eigenvalue weighted by atomic mass is 10.1. The number of hydrogen-bond donors (Lipinski definition) is 0. The summed E-state index contributed by atoms with van der Waals surface area (Å²) in [6.45, 7) is 7.23. The zero-order chi connectivity index (χ0) is 18.0. The van der Waals surface area contributed by atoms with E-state index < -0.39 is 0 Å². The maximum Gasteiger partial charge on any atom is 0.272 e. The number of carbonyl (C=O) groups excluding carboxylic acids is 2. The van der Waals surface area contributed by atoms with Crippen molar-refractivity contribution in [1.29, 1.82) is 0 Å². The van der Waals surface area contributed by atoms with Gasteiger partial charge in [0.1, 0.15) is 16.4 Å². The smallest absolute Gasteiger partial charge is 0.272 e. The van der Waals surface area contributed by atoms with Crippen LogP contribution in [0.3, 0.4) is 0 Å². The SMILES string of the molecule is CCc1ncsc1C(=O)N1CCN(C(=O)c2ccnc(C)n2)CC1C. The number of carbonyl (C=O) groups is 2. The highest BCUT2D eigenvalue weighted by atomic mass is 32.1. The minimum atomic E-state index is -0.114. The molecular weight excluding hydrogens is 338 g/mol. The molecule has 2 amide bonds. The van der Waals surface area contributed by atoms with E-state index in [0.29, 0.717) is 36.0 Å². The summed E-state index contributed by atoms with van der Waals surface area (Å²) in [7, 11) is 0. The molecule has 1 unspecified atom stereocenters. The van der Waals surface area contributed by atoms with Crippen LogP contribution in [0.5, 0.6) is 0 Å². The van der Waals surface area contributed by atoms with Crippen molar-refractivity contribution in [2.24, 2.45) is 0 Å². The van der Waals surface area contributed by atoms with Gasteiger partial charge in [-0.1, -0.05) is 6.92 Å². The second-order valence-electron chi connectivity index (χ2n) is 6.07. The molecule has 0 spiro atoms. The van der Waals surface area contributed by atoms with Gasteiger partial charge in [0, 0.05) is 31.9 Å². The molecule has 0 aliphatic carbocycles. The molecule has 1 atom stereocenters. The van der Waals surface area contributed by atoms with Crippen molar-refractivity contribution in [3.05, 3.63) is 39.9 Å². The fourth-order valence-electron chi connectivity index (χ4n) is 3.01. The van der Waals surface area contributed by atoms with Gasteiger partial charge in [0.25, 0.3) is 11.8 Å². The van der Waals surface area contributed by atoms with Crippen LogP contribution in [0.15, 0.2) is 17.8 Å². The number of rotatable bonds is 3. The van der Waals surface area contributed by atoms with E-state index in [1.54, 1.807) is 29.6 Å². The fourth-order valence-corrected chi connectivity index (χ4v) is 3.84. The zero-order valence-electron chi connectivity index (χ0n) is 14.6. The molecule has 1 aliphatic heterocycles. The number of hydrogen-bond acceptors (Lipinski definition) is 6. The van der Waals surface area contributed by atoms with Gasteiger partial charge >= 0.3 is 0 Å². The zero-order valence-corrected chi connectivity index (χ0v) is 15.4. The van der Waals surface area contributed by atoms with E-state index in [9.17, 15) is 9.59 Å².